The number of carbonyl (C=O) groups excluding carboxylic acids is 4. The normalized spacial score (nSPS) is 14.2. The molecule has 0 aromatic heterocycles. The summed E-state index contributed by atoms with van der Waals surface area (Å²) in [5, 5.41) is 10.7. The molecule has 0 rings (SSSR count). The predicted octanol–water partition coefficient (Wildman–Crippen LogP) is 27.8. The van der Waals surface area contributed by atoms with Gasteiger partial charge in [0.15, 0.2) is 12.2 Å². The van der Waals surface area contributed by atoms with E-state index in [4.69, 9.17) is 37.0 Å². The second-order valence-corrected chi connectivity index (χ2v) is 35.7. The molecule has 0 aromatic carbocycles. The molecule has 0 radical (unpaired) electrons. The first-order valence-corrected chi connectivity index (χ1v) is 49.6. The third-order valence-electron chi connectivity index (χ3n) is 21.9. The average molecular weight is 1590 g/mol. The van der Waals surface area contributed by atoms with Gasteiger partial charge in [0.25, 0.3) is 0 Å². The maximum absolute atomic E-state index is 13.2. The van der Waals surface area contributed by atoms with Crippen molar-refractivity contribution in [1.29, 1.82) is 0 Å². The van der Waals surface area contributed by atoms with Crippen molar-refractivity contribution in [3.8, 4) is 0 Å². The summed E-state index contributed by atoms with van der Waals surface area (Å²) >= 11 is 0. The summed E-state index contributed by atoms with van der Waals surface area (Å²) in [4.78, 5) is 73.2. The van der Waals surface area contributed by atoms with Crippen molar-refractivity contribution in [3.63, 3.8) is 0 Å². The molecule has 3 N–H and O–H groups in total. The lowest BCUT2D eigenvalue weighted by molar-refractivity contribution is -0.161. The van der Waals surface area contributed by atoms with Crippen LogP contribution in [0.3, 0.4) is 0 Å². The Morgan fingerprint density at radius 2 is 0.440 bits per heavy atom. The first kappa shape index (κ1) is 107. The summed E-state index contributed by atoms with van der Waals surface area (Å²) in [6, 6.07) is 0. The Morgan fingerprint density at radius 3 is 0.651 bits per heavy atom. The van der Waals surface area contributed by atoms with Gasteiger partial charge in [0.05, 0.1) is 26.4 Å². The molecule has 0 heterocycles. The molecule has 0 aliphatic rings. The molecule has 648 valence electrons. The minimum atomic E-state index is -4.97. The predicted molar refractivity (Wildman–Crippen MR) is 451 cm³/mol. The molecule has 0 saturated heterocycles. The topological polar surface area (TPSA) is 237 Å². The number of rotatable bonds is 89. The number of aliphatic hydroxyl groups is 1. The van der Waals surface area contributed by atoms with Gasteiger partial charge in [-0.25, -0.2) is 9.13 Å². The monoisotopic (exact) mass is 1590 g/mol. The second kappa shape index (κ2) is 81.2. The third-order valence-corrected chi connectivity index (χ3v) is 23.8. The van der Waals surface area contributed by atoms with Gasteiger partial charge in [0.2, 0.25) is 0 Å². The number of hydrogen-bond acceptors (Lipinski definition) is 15. The largest absolute Gasteiger partial charge is 0.472 e. The molecule has 109 heavy (non-hydrogen) atoms. The van der Waals surface area contributed by atoms with E-state index >= 15 is 0 Å². The highest BCUT2D eigenvalue weighted by atomic mass is 31.2. The zero-order chi connectivity index (χ0) is 79.9. The van der Waals surface area contributed by atoms with E-state index < -0.39 is 97.5 Å². The Bertz CT molecular complexity index is 2080. The van der Waals surface area contributed by atoms with Crippen LogP contribution in [0.5, 0.6) is 0 Å². The van der Waals surface area contributed by atoms with Gasteiger partial charge in [-0.05, 0) is 37.5 Å². The van der Waals surface area contributed by atoms with Crippen molar-refractivity contribution in [1.82, 2.24) is 0 Å². The molecule has 0 amide bonds. The van der Waals surface area contributed by atoms with Gasteiger partial charge >= 0.3 is 39.5 Å². The molecular formula is C90H176O17P2. The van der Waals surface area contributed by atoms with Crippen LogP contribution in [0.1, 0.15) is 485 Å². The number of unbranched alkanes of at least 4 members (excludes halogenated alkanes) is 57. The standard InChI is InChI=1S/C90H176O17P2/c1-7-11-13-15-17-18-19-20-21-22-23-24-25-26-30-33-39-44-49-55-61-67-73-88(93)101-79-86(107-90(95)75-68-62-56-50-45-40-34-31-28-27-29-32-37-42-47-53-58-64-70-82(5)9-3)81-105-109(98,99)103-77-84(91)76-102-108(96,97)104-80-85(78-100-87(92)72-66-60-52-16-14-12-8-2)106-89(94)74-69-63-57-51-46-41-36-35-38-43-48-54-59-65-71-83(6)10-4/h82-86,91H,7-81H2,1-6H3,(H,96,97)(H,98,99)/t82?,83?,84-,85+,86+/m0/s1. The number of carbonyl (C=O) groups is 4. The first-order valence-electron chi connectivity index (χ1n) is 46.6. The van der Waals surface area contributed by atoms with Gasteiger partial charge < -0.3 is 33.8 Å². The average Bonchev–Trinajstić information content (AvgIpc) is 0.900. The molecule has 0 fully saturated rings. The zero-order valence-electron chi connectivity index (χ0n) is 71.9. The molecule has 19 heteroatoms. The number of hydrogen-bond donors (Lipinski definition) is 3. The van der Waals surface area contributed by atoms with Gasteiger partial charge in [-0.1, -0.05) is 433 Å². The smallest absolute Gasteiger partial charge is 0.462 e. The Balaban J connectivity index is 5.15. The number of aliphatic hydroxyl groups excluding tert-OH is 1. The van der Waals surface area contributed by atoms with Crippen LogP contribution in [0.25, 0.3) is 0 Å². The lowest BCUT2D eigenvalue weighted by atomic mass is 9.99. The fourth-order valence-electron chi connectivity index (χ4n) is 14.1. The highest BCUT2D eigenvalue weighted by Gasteiger charge is 2.31. The molecular weight excluding hydrogens is 1410 g/mol. The van der Waals surface area contributed by atoms with Crippen LogP contribution >= 0.6 is 15.6 Å². The number of phosphoric ester groups is 2. The molecule has 0 aliphatic heterocycles. The van der Waals surface area contributed by atoms with E-state index in [9.17, 15) is 43.2 Å². The van der Waals surface area contributed by atoms with Gasteiger partial charge in [0, 0.05) is 25.7 Å². The maximum atomic E-state index is 13.2. The number of esters is 4. The fraction of sp³-hybridized carbons (Fsp3) is 0.956. The zero-order valence-corrected chi connectivity index (χ0v) is 73.7. The van der Waals surface area contributed by atoms with Crippen molar-refractivity contribution >= 4 is 39.5 Å². The van der Waals surface area contributed by atoms with Crippen molar-refractivity contribution in [2.75, 3.05) is 39.6 Å². The Labute approximate surface area is 670 Å². The van der Waals surface area contributed by atoms with Crippen LogP contribution in [0.15, 0.2) is 0 Å². The van der Waals surface area contributed by atoms with Crippen molar-refractivity contribution in [3.05, 3.63) is 0 Å². The highest BCUT2D eigenvalue weighted by molar-refractivity contribution is 7.47. The fourth-order valence-corrected chi connectivity index (χ4v) is 15.6. The van der Waals surface area contributed by atoms with Crippen LogP contribution in [0.2, 0.25) is 0 Å². The van der Waals surface area contributed by atoms with Crippen molar-refractivity contribution < 1.29 is 80.2 Å². The van der Waals surface area contributed by atoms with Gasteiger partial charge in [-0.3, -0.25) is 37.3 Å². The summed E-state index contributed by atoms with van der Waals surface area (Å²) in [6.45, 7) is 9.77. The van der Waals surface area contributed by atoms with E-state index in [1.54, 1.807) is 0 Å². The van der Waals surface area contributed by atoms with Crippen molar-refractivity contribution in [2.45, 2.75) is 503 Å². The summed E-state index contributed by atoms with van der Waals surface area (Å²) in [6.07, 6.45) is 75.3. The molecule has 0 bridgehead atoms. The molecule has 0 spiro atoms. The highest BCUT2D eigenvalue weighted by Crippen LogP contribution is 2.45. The molecule has 7 atom stereocenters. The van der Waals surface area contributed by atoms with E-state index in [-0.39, 0.29) is 25.7 Å². The molecule has 0 aromatic rings. The Morgan fingerprint density at radius 1 is 0.257 bits per heavy atom. The lowest BCUT2D eigenvalue weighted by Crippen LogP contribution is -2.30. The van der Waals surface area contributed by atoms with Crippen LogP contribution in [-0.2, 0) is 65.4 Å². The number of ether oxygens (including phenoxy) is 4. The Kier molecular flexibility index (Phi) is 79.8. The van der Waals surface area contributed by atoms with E-state index in [0.717, 1.165) is 115 Å². The van der Waals surface area contributed by atoms with Gasteiger partial charge in [0.1, 0.15) is 19.3 Å². The van der Waals surface area contributed by atoms with E-state index in [1.807, 2.05) is 0 Å². The quantitative estimate of drug-likeness (QED) is 0.0222. The molecule has 0 saturated carbocycles. The Hall–Kier alpha value is -1.94. The van der Waals surface area contributed by atoms with Crippen molar-refractivity contribution in [2.24, 2.45) is 11.8 Å². The van der Waals surface area contributed by atoms with Gasteiger partial charge in [-0.15, -0.1) is 0 Å². The van der Waals surface area contributed by atoms with Crippen LogP contribution in [0, 0.1) is 11.8 Å². The SMILES string of the molecule is CCCCCCCCCCCCCCCCCCCCCCCCC(=O)OC[C@H](COP(=O)(O)OC[C@@H](O)COP(=O)(O)OC[C@@H](COC(=O)CCCCCCCCC)OC(=O)CCCCCCCCCCCCCCCCC(C)CC)OC(=O)CCCCCCCCCCCCCCCCCCCCC(C)CC. The lowest BCUT2D eigenvalue weighted by Gasteiger charge is -2.21. The first-order chi connectivity index (χ1) is 52.9. The van der Waals surface area contributed by atoms with E-state index in [0.29, 0.717) is 25.7 Å². The third kappa shape index (κ3) is 81.0. The molecule has 4 unspecified atom stereocenters. The summed E-state index contributed by atoms with van der Waals surface area (Å²) in [5.74, 6) is -0.386. The minimum absolute atomic E-state index is 0.108. The van der Waals surface area contributed by atoms with Crippen LogP contribution < -0.4 is 0 Å². The molecule has 17 nitrogen and oxygen atoms in total. The summed E-state index contributed by atoms with van der Waals surface area (Å²) < 4.78 is 68.9. The second-order valence-electron chi connectivity index (χ2n) is 32.8. The summed E-state index contributed by atoms with van der Waals surface area (Å²) in [5.41, 5.74) is 0. The summed E-state index contributed by atoms with van der Waals surface area (Å²) in [7, 11) is -9.93. The van der Waals surface area contributed by atoms with Crippen LogP contribution in [0.4, 0.5) is 0 Å². The van der Waals surface area contributed by atoms with E-state index in [1.165, 1.54) is 289 Å². The van der Waals surface area contributed by atoms with E-state index in [2.05, 4.69) is 41.5 Å². The minimum Gasteiger partial charge on any atom is -0.462 e. The molecule has 0 aliphatic carbocycles. The maximum Gasteiger partial charge on any atom is 0.472 e. The van der Waals surface area contributed by atoms with Crippen LogP contribution in [-0.4, -0.2) is 96.7 Å². The van der Waals surface area contributed by atoms with Gasteiger partial charge in [-0.2, -0.15) is 0 Å². The number of phosphoric acid groups is 2.